The van der Waals surface area contributed by atoms with Gasteiger partial charge in [-0.15, -0.1) is 0 Å². The molecule has 0 aliphatic heterocycles. The van der Waals surface area contributed by atoms with E-state index in [9.17, 15) is 0 Å². The van der Waals surface area contributed by atoms with Gasteiger partial charge in [0.25, 0.3) is 0 Å². The molecular formula is C37H53N3. The van der Waals surface area contributed by atoms with Gasteiger partial charge in [-0.1, -0.05) is 57.2 Å². The predicted molar refractivity (Wildman–Crippen MR) is 178 cm³/mol. The van der Waals surface area contributed by atoms with Crippen LogP contribution in [0.5, 0.6) is 0 Å². The third-order valence-corrected chi connectivity index (χ3v) is 8.38. The minimum atomic E-state index is 0.698. The predicted octanol–water partition coefficient (Wildman–Crippen LogP) is 10.0. The van der Waals surface area contributed by atoms with Crippen molar-refractivity contribution in [3.05, 3.63) is 88.2 Å². The van der Waals surface area contributed by atoms with E-state index in [1.807, 2.05) is 13.3 Å². The van der Waals surface area contributed by atoms with Crippen molar-refractivity contribution in [2.24, 2.45) is 10.9 Å². The first-order chi connectivity index (χ1) is 19.2. The highest BCUT2D eigenvalue weighted by Gasteiger charge is 2.32. The van der Waals surface area contributed by atoms with Crippen LogP contribution in [0.1, 0.15) is 105 Å². The largest absolute Gasteiger partial charge is 0.372 e. The lowest BCUT2D eigenvalue weighted by Crippen LogP contribution is -2.24. The molecule has 1 heterocycles. The lowest BCUT2D eigenvalue weighted by Gasteiger charge is -2.23. The Balaban J connectivity index is 0.000000267. The van der Waals surface area contributed by atoms with Gasteiger partial charge in [0.2, 0.25) is 0 Å². The number of hydrogen-bond donors (Lipinski definition) is 0. The second-order valence-corrected chi connectivity index (χ2v) is 11.6. The van der Waals surface area contributed by atoms with Crippen LogP contribution in [0.3, 0.4) is 0 Å². The van der Waals surface area contributed by atoms with Crippen LogP contribution in [0.4, 0.5) is 5.69 Å². The summed E-state index contributed by atoms with van der Waals surface area (Å²) in [5.74, 6) is 1.58. The number of hydrogen-bond acceptors (Lipinski definition) is 2. The standard InChI is InChI=1S/C24H32N2.C13H21N/c1-8-20(19-12-13-19)21-10-9-11-23(16(21)4)26-17(5)22(14-25-7)24(15(2)3)18(26)6;1-4-10-14(11-5-2)13-8-6-12(3)7-9-13/h9-11,14,19-20H,2,8,12-13H2,1,3-7H3;6-9H,4-5,10-11H2,1-3H3. The number of anilines is 1. The van der Waals surface area contributed by atoms with Gasteiger partial charge in [0, 0.05) is 60.2 Å². The summed E-state index contributed by atoms with van der Waals surface area (Å²) in [6, 6.07) is 15.7. The van der Waals surface area contributed by atoms with Gasteiger partial charge in [0.15, 0.2) is 0 Å². The molecule has 216 valence electrons. The van der Waals surface area contributed by atoms with Crippen molar-refractivity contribution in [3.63, 3.8) is 0 Å². The zero-order valence-electron chi connectivity index (χ0n) is 26.8. The molecule has 1 unspecified atom stereocenters. The number of aliphatic imine (C=N–C) groups is 1. The topological polar surface area (TPSA) is 20.5 Å². The maximum absolute atomic E-state index is 4.29. The maximum Gasteiger partial charge on any atom is 0.0487 e. The summed E-state index contributed by atoms with van der Waals surface area (Å²) in [4.78, 5) is 6.75. The molecule has 0 saturated heterocycles. The number of rotatable bonds is 11. The third-order valence-electron chi connectivity index (χ3n) is 8.38. The Morgan fingerprint density at radius 2 is 1.60 bits per heavy atom. The number of benzene rings is 2. The number of allylic oxidation sites excluding steroid dienone is 1. The van der Waals surface area contributed by atoms with Crippen molar-refractivity contribution in [2.75, 3.05) is 25.0 Å². The Labute approximate surface area is 245 Å². The highest BCUT2D eigenvalue weighted by atomic mass is 15.1. The zero-order valence-corrected chi connectivity index (χ0v) is 26.8. The van der Waals surface area contributed by atoms with Crippen LogP contribution in [0, 0.1) is 33.6 Å². The molecule has 2 aromatic carbocycles. The van der Waals surface area contributed by atoms with E-state index >= 15 is 0 Å². The van der Waals surface area contributed by atoms with Gasteiger partial charge in [0.1, 0.15) is 0 Å². The van der Waals surface area contributed by atoms with Crippen LogP contribution in [0.15, 0.2) is 54.0 Å². The van der Waals surface area contributed by atoms with Gasteiger partial charge in [0.05, 0.1) is 0 Å². The second-order valence-electron chi connectivity index (χ2n) is 11.6. The summed E-state index contributed by atoms with van der Waals surface area (Å²) in [5.41, 5.74) is 13.0. The van der Waals surface area contributed by atoms with E-state index in [1.165, 1.54) is 82.7 Å². The smallest absolute Gasteiger partial charge is 0.0487 e. The van der Waals surface area contributed by atoms with Gasteiger partial charge in [-0.25, -0.2) is 0 Å². The molecule has 1 atom stereocenters. The minimum absolute atomic E-state index is 0.698. The Hall–Kier alpha value is -3.07. The zero-order chi connectivity index (χ0) is 29.4. The van der Waals surface area contributed by atoms with Crippen molar-refractivity contribution >= 4 is 17.5 Å². The second kappa shape index (κ2) is 14.5. The summed E-state index contributed by atoms with van der Waals surface area (Å²) < 4.78 is 2.40. The molecule has 1 aliphatic rings. The summed E-state index contributed by atoms with van der Waals surface area (Å²) in [6.45, 7) is 24.2. The van der Waals surface area contributed by atoms with E-state index in [1.54, 1.807) is 0 Å². The van der Waals surface area contributed by atoms with Crippen molar-refractivity contribution in [1.82, 2.24) is 4.57 Å². The number of nitrogens with zero attached hydrogens (tertiary/aromatic N) is 3. The summed E-state index contributed by atoms with van der Waals surface area (Å²) in [6.07, 6.45) is 8.41. The number of aromatic nitrogens is 1. The van der Waals surface area contributed by atoms with Crippen LogP contribution in [0.2, 0.25) is 0 Å². The fourth-order valence-electron chi connectivity index (χ4n) is 6.30. The SMILES string of the molecule is C=C(C)c1c(C=NC)c(C)n(-c2cccc(C(CC)C3CC3)c2C)c1C.CCCN(CCC)c1ccc(C)cc1. The van der Waals surface area contributed by atoms with Crippen LogP contribution >= 0.6 is 0 Å². The van der Waals surface area contributed by atoms with Crippen LogP contribution in [-0.2, 0) is 0 Å². The molecule has 0 bridgehead atoms. The van der Waals surface area contributed by atoms with Gasteiger partial charge >= 0.3 is 0 Å². The van der Waals surface area contributed by atoms with Crippen molar-refractivity contribution in [3.8, 4) is 5.69 Å². The summed E-state index contributed by atoms with van der Waals surface area (Å²) >= 11 is 0. The van der Waals surface area contributed by atoms with E-state index < -0.39 is 0 Å². The first kappa shape index (κ1) is 31.5. The Morgan fingerprint density at radius 1 is 0.975 bits per heavy atom. The quantitative estimate of drug-likeness (QED) is 0.222. The summed E-state index contributed by atoms with van der Waals surface area (Å²) in [5, 5.41) is 0. The van der Waals surface area contributed by atoms with Crippen molar-refractivity contribution < 1.29 is 0 Å². The molecule has 4 rings (SSSR count). The number of aryl methyl sites for hydroxylation is 1. The van der Waals surface area contributed by atoms with Gasteiger partial charge in [-0.05, 0) is 113 Å². The van der Waals surface area contributed by atoms with Crippen molar-refractivity contribution in [2.45, 2.75) is 93.4 Å². The first-order valence-corrected chi connectivity index (χ1v) is 15.4. The average molecular weight is 540 g/mol. The van der Waals surface area contributed by atoms with Crippen molar-refractivity contribution in [1.29, 1.82) is 0 Å². The fourth-order valence-corrected chi connectivity index (χ4v) is 6.30. The molecule has 1 aromatic heterocycles. The highest BCUT2D eigenvalue weighted by Crippen LogP contribution is 2.46. The molecule has 3 heteroatoms. The first-order valence-electron chi connectivity index (χ1n) is 15.4. The molecule has 3 nitrogen and oxygen atoms in total. The molecule has 40 heavy (non-hydrogen) atoms. The molecule has 0 spiro atoms. The van der Waals surface area contributed by atoms with E-state index in [4.69, 9.17) is 0 Å². The molecule has 3 aromatic rings. The van der Waals surface area contributed by atoms with E-state index in [-0.39, 0.29) is 0 Å². The molecule has 0 radical (unpaired) electrons. The van der Waals surface area contributed by atoms with Crippen LogP contribution in [0.25, 0.3) is 11.3 Å². The van der Waals surface area contributed by atoms with Crippen LogP contribution in [-0.4, -0.2) is 30.9 Å². The monoisotopic (exact) mass is 539 g/mol. The summed E-state index contributed by atoms with van der Waals surface area (Å²) in [7, 11) is 1.83. The normalized spacial score (nSPS) is 13.7. The average Bonchev–Trinajstić information content (AvgIpc) is 3.73. The Kier molecular flexibility index (Phi) is 11.4. The molecular weight excluding hydrogens is 486 g/mol. The van der Waals surface area contributed by atoms with E-state index in [2.05, 4.69) is 119 Å². The van der Waals surface area contributed by atoms with Crippen LogP contribution < -0.4 is 4.90 Å². The third kappa shape index (κ3) is 7.16. The maximum atomic E-state index is 4.29. The van der Waals surface area contributed by atoms with E-state index in [0.29, 0.717) is 5.92 Å². The fraction of sp³-hybridized carbons (Fsp3) is 0.486. The van der Waals surface area contributed by atoms with Gasteiger partial charge < -0.3 is 9.47 Å². The van der Waals surface area contributed by atoms with Gasteiger partial charge in [-0.3, -0.25) is 4.99 Å². The molecule has 0 N–H and O–H groups in total. The molecule has 1 fully saturated rings. The molecule has 1 saturated carbocycles. The highest BCUT2D eigenvalue weighted by molar-refractivity contribution is 5.91. The molecule has 1 aliphatic carbocycles. The minimum Gasteiger partial charge on any atom is -0.372 e. The Bertz CT molecular complexity index is 1280. The Morgan fingerprint density at radius 3 is 2.10 bits per heavy atom. The van der Waals surface area contributed by atoms with Gasteiger partial charge in [-0.2, -0.15) is 0 Å². The lowest BCUT2D eigenvalue weighted by atomic mass is 9.88. The van der Waals surface area contributed by atoms with E-state index in [0.717, 1.165) is 24.6 Å². The molecule has 0 amide bonds. The lowest BCUT2D eigenvalue weighted by molar-refractivity contribution is 0.583.